The van der Waals surface area contributed by atoms with Crippen LogP contribution in [0.4, 0.5) is 0 Å². The van der Waals surface area contributed by atoms with E-state index in [4.69, 9.17) is 9.26 Å². The summed E-state index contributed by atoms with van der Waals surface area (Å²) in [5.74, 6) is 2.23. The van der Waals surface area contributed by atoms with Crippen LogP contribution in [0.5, 0.6) is 5.75 Å². The molecule has 1 unspecified atom stereocenters. The van der Waals surface area contributed by atoms with E-state index >= 15 is 0 Å². The van der Waals surface area contributed by atoms with Gasteiger partial charge in [-0.15, -0.1) is 0 Å². The van der Waals surface area contributed by atoms with Crippen molar-refractivity contribution in [3.63, 3.8) is 0 Å². The number of nitrogens with zero attached hydrogens (tertiary/aromatic N) is 3. The molecule has 1 fully saturated rings. The van der Waals surface area contributed by atoms with Crippen LogP contribution in [0.15, 0.2) is 53.1 Å². The first-order chi connectivity index (χ1) is 17.0. The lowest BCUT2D eigenvalue weighted by molar-refractivity contribution is -0.126. The molecule has 1 amide bonds. The van der Waals surface area contributed by atoms with Gasteiger partial charge in [-0.05, 0) is 76.8 Å². The standard InChI is InChI=1S/C28H36N4O3/c1-20(2)34-25-13-11-22(12-14-25)8-5-15-29-28(33)24-10-6-16-32(18-24)19-26-30-27(31-35-26)23-9-4-7-21(3)17-23/h4,7,9,11-14,17,20,24H,5-6,8,10,15-16,18-19H2,1-3H3,(H,29,33). The van der Waals surface area contributed by atoms with E-state index in [0.717, 1.165) is 49.1 Å². The fourth-order valence-electron chi connectivity index (χ4n) is 4.48. The zero-order valence-corrected chi connectivity index (χ0v) is 21.0. The molecule has 1 N–H and O–H groups in total. The van der Waals surface area contributed by atoms with Crippen molar-refractivity contribution in [2.45, 2.75) is 59.1 Å². The average molecular weight is 477 g/mol. The summed E-state index contributed by atoms with van der Waals surface area (Å²) in [7, 11) is 0. The summed E-state index contributed by atoms with van der Waals surface area (Å²) in [4.78, 5) is 19.6. The Balaban J connectivity index is 1.20. The Kier molecular flexibility index (Phi) is 8.53. The Bertz CT molecular complexity index is 1090. The van der Waals surface area contributed by atoms with Crippen LogP contribution >= 0.6 is 0 Å². The molecule has 1 aliphatic heterocycles. The lowest BCUT2D eigenvalue weighted by atomic mass is 9.97. The van der Waals surface area contributed by atoms with Gasteiger partial charge in [0, 0.05) is 18.7 Å². The molecular weight excluding hydrogens is 440 g/mol. The lowest BCUT2D eigenvalue weighted by Crippen LogP contribution is -2.43. The number of carbonyl (C=O) groups is 1. The van der Waals surface area contributed by atoms with E-state index in [1.54, 1.807) is 0 Å². The van der Waals surface area contributed by atoms with Crippen molar-refractivity contribution in [3.8, 4) is 17.1 Å². The lowest BCUT2D eigenvalue weighted by Gasteiger charge is -2.30. The molecule has 7 heteroatoms. The molecule has 1 atom stereocenters. The van der Waals surface area contributed by atoms with Gasteiger partial charge in [-0.1, -0.05) is 41.1 Å². The molecule has 0 bridgehead atoms. The van der Waals surface area contributed by atoms with Gasteiger partial charge in [-0.3, -0.25) is 9.69 Å². The molecule has 0 radical (unpaired) electrons. The molecule has 4 rings (SSSR count). The molecule has 3 aromatic rings. The summed E-state index contributed by atoms with van der Waals surface area (Å²) < 4.78 is 11.2. The van der Waals surface area contributed by atoms with Gasteiger partial charge in [0.05, 0.1) is 18.6 Å². The molecule has 0 aliphatic carbocycles. The second-order valence-corrected chi connectivity index (χ2v) is 9.66. The SMILES string of the molecule is Cc1cccc(-c2noc(CN3CCCC(C(=O)NCCCc4ccc(OC(C)C)cc4)C3)n2)c1. The minimum atomic E-state index is -0.00428. The average Bonchev–Trinajstić information content (AvgIpc) is 3.31. The molecular formula is C28H36N4O3. The van der Waals surface area contributed by atoms with E-state index < -0.39 is 0 Å². The van der Waals surface area contributed by atoms with Crippen LogP contribution in [0.3, 0.4) is 0 Å². The summed E-state index contributed by atoms with van der Waals surface area (Å²) in [6.45, 7) is 8.99. The molecule has 2 aromatic carbocycles. The van der Waals surface area contributed by atoms with Gasteiger partial charge in [0.1, 0.15) is 5.75 Å². The van der Waals surface area contributed by atoms with Crippen LogP contribution < -0.4 is 10.1 Å². The minimum Gasteiger partial charge on any atom is -0.491 e. The van der Waals surface area contributed by atoms with Gasteiger partial charge in [0.25, 0.3) is 0 Å². The third kappa shape index (κ3) is 7.39. The zero-order chi connectivity index (χ0) is 24.6. The Morgan fingerprint density at radius 1 is 1.23 bits per heavy atom. The van der Waals surface area contributed by atoms with Gasteiger partial charge in [-0.25, -0.2) is 0 Å². The predicted octanol–water partition coefficient (Wildman–Crippen LogP) is 4.79. The van der Waals surface area contributed by atoms with E-state index in [0.29, 0.717) is 31.3 Å². The van der Waals surface area contributed by atoms with Gasteiger partial charge in [0.15, 0.2) is 0 Å². The van der Waals surface area contributed by atoms with E-state index in [2.05, 4.69) is 32.5 Å². The first kappa shape index (κ1) is 24.9. The first-order valence-electron chi connectivity index (χ1n) is 12.6. The number of hydrogen-bond acceptors (Lipinski definition) is 6. The fraction of sp³-hybridized carbons (Fsp3) is 0.464. The van der Waals surface area contributed by atoms with Gasteiger partial charge in [-0.2, -0.15) is 4.98 Å². The molecule has 1 aliphatic rings. The Morgan fingerprint density at radius 2 is 2.06 bits per heavy atom. The maximum absolute atomic E-state index is 12.8. The summed E-state index contributed by atoms with van der Waals surface area (Å²) in [5, 5.41) is 7.27. The van der Waals surface area contributed by atoms with Crippen molar-refractivity contribution in [2.24, 2.45) is 5.92 Å². The number of likely N-dealkylation sites (tertiary alicyclic amines) is 1. The molecule has 1 aromatic heterocycles. The number of nitrogens with one attached hydrogen (secondary N) is 1. The smallest absolute Gasteiger partial charge is 0.241 e. The third-order valence-electron chi connectivity index (χ3n) is 6.22. The van der Waals surface area contributed by atoms with E-state index in [9.17, 15) is 4.79 Å². The van der Waals surface area contributed by atoms with E-state index in [1.807, 2.05) is 57.2 Å². The molecule has 1 saturated heterocycles. The Labute approximate surface area is 207 Å². The van der Waals surface area contributed by atoms with Gasteiger partial charge < -0.3 is 14.6 Å². The van der Waals surface area contributed by atoms with Crippen molar-refractivity contribution >= 4 is 5.91 Å². The Morgan fingerprint density at radius 3 is 2.83 bits per heavy atom. The predicted molar refractivity (Wildman–Crippen MR) is 136 cm³/mol. The molecule has 0 saturated carbocycles. The Hall–Kier alpha value is -3.19. The number of hydrogen-bond donors (Lipinski definition) is 1. The summed E-state index contributed by atoms with van der Waals surface area (Å²) in [6, 6.07) is 16.3. The number of benzene rings is 2. The van der Waals surface area contributed by atoms with Crippen molar-refractivity contribution in [1.82, 2.24) is 20.4 Å². The highest BCUT2D eigenvalue weighted by molar-refractivity contribution is 5.78. The van der Waals surface area contributed by atoms with Crippen LogP contribution in [-0.4, -0.2) is 46.7 Å². The highest BCUT2D eigenvalue weighted by Gasteiger charge is 2.26. The molecule has 35 heavy (non-hydrogen) atoms. The van der Waals surface area contributed by atoms with Crippen LogP contribution in [0.2, 0.25) is 0 Å². The topological polar surface area (TPSA) is 80.5 Å². The molecule has 7 nitrogen and oxygen atoms in total. The minimum absolute atomic E-state index is 0.00428. The number of carbonyl (C=O) groups excluding carboxylic acids is 1. The maximum Gasteiger partial charge on any atom is 0.241 e. The maximum atomic E-state index is 12.8. The van der Waals surface area contributed by atoms with Crippen molar-refractivity contribution in [1.29, 1.82) is 0 Å². The second-order valence-electron chi connectivity index (χ2n) is 9.66. The second kappa shape index (κ2) is 12.0. The number of amides is 1. The largest absolute Gasteiger partial charge is 0.491 e. The normalized spacial score (nSPS) is 16.4. The van der Waals surface area contributed by atoms with Crippen molar-refractivity contribution in [3.05, 3.63) is 65.5 Å². The van der Waals surface area contributed by atoms with Gasteiger partial charge >= 0.3 is 0 Å². The summed E-state index contributed by atoms with van der Waals surface area (Å²) in [6.07, 6.45) is 3.92. The van der Waals surface area contributed by atoms with Crippen molar-refractivity contribution < 1.29 is 14.1 Å². The quantitative estimate of drug-likeness (QED) is 0.424. The monoisotopic (exact) mass is 476 g/mol. The molecule has 2 heterocycles. The summed E-state index contributed by atoms with van der Waals surface area (Å²) >= 11 is 0. The number of rotatable bonds is 10. The number of aryl methyl sites for hydroxylation is 2. The van der Waals surface area contributed by atoms with E-state index in [1.165, 1.54) is 5.56 Å². The third-order valence-corrected chi connectivity index (χ3v) is 6.22. The molecule has 0 spiro atoms. The number of aromatic nitrogens is 2. The first-order valence-corrected chi connectivity index (χ1v) is 12.6. The van der Waals surface area contributed by atoms with Crippen molar-refractivity contribution in [2.75, 3.05) is 19.6 Å². The highest BCUT2D eigenvalue weighted by atomic mass is 16.5. The van der Waals surface area contributed by atoms with E-state index in [-0.39, 0.29) is 17.9 Å². The number of ether oxygens (including phenoxy) is 1. The highest BCUT2D eigenvalue weighted by Crippen LogP contribution is 2.21. The fourth-order valence-corrected chi connectivity index (χ4v) is 4.48. The van der Waals surface area contributed by atoms with Crippen LogP contribution in [0, 0.1) is 12.8 Å². The van der Waals surface area contributed by atoms with Crippen LogP contribution in [-0.2, 0) is 17.8 Å². The van der Waals surface area contributed by atoms with Crippen LogP contribution in [0.25, 0.3) is 11.4 Å². The van der Waals surface area contributed by atoms with Crippen LogP contribution in [0.1, 0.15) is 50.1 Å². The zero-order valence-electron chi connectivity index (χ0n) is 21.0. The summed E-state index contributed by atoms with van der Waals surface area (Å²) in [5.41, 5.74) is 3.37. The number of piperidine rings is 1. The van der Waals surface area contributed by atoms with Gasteiger partial charge in [0.2, 0.25) is 17.6 Å². The molecule has 186 valence electrons.